The molecule has 6 heavy (non-hydrogen) atoms. The van der Waals surface area contributed by atoms with Crippen LogP contribution >= 0.6 is 16.4 Å². The molecule has 0 nitrogen and oxygen atoms in total. The first-order valence-electron chi connectivity index (χ1n) is 1.60. The molecule has 0 saturated carbocycles. The summed E-state index contributed by atoms with van der Waals surface area (Å²) in [7, 11) is 1.94. The van der Waals surface area contributed by atoms with Gasteiger partial charge in [-0.05, 0) is 13.7 Å². The van der Waals surface area contributed by atoms with Gasteiger partial charge in [0.2, 0.25) is 0 Å². The molecule has 0 fully saturated rings. The van der Waals surface area contributed by atoms with E-state index in [4.69, 9.17) is 0 Å². The maximum Gasteiger partial charge on any atom is 0.135 e. The second-order valence-corrected chi connectivity index (χ2v) is 3.31. The summed E-state index contributed by atoms with van der Waals surface area (Å²) in [4.78, 5) is 0. The van der Waals surface area contributed by atoms with E-state index in [1.165, 1.54) is 0 Å². The zero-order valence-corrected chi connectivity index (χ0v) is 4.85. The Kier molecular flexibility index (Phi) is 1.34. The minimum atomic E-state index is 0.108. The van der Waals surface area contributed by atoms with E-state index in [0.717, 1.165) is 16.4 Å². The zero-order valence-electron chi connectivity index (χ0n) is 3.06. The molecule has 1 aliphatic rings. The van der Waals surface area contributed by atoms with E-state index in [1.54, 1.807) is 0 Å². The van der Waals surface area contributed by atoms with Crippen molar-refractivity contribution in [1.82, 2.24) is 0 Å². The summed E-state index contributed by atoms with van der Waals surface area (Å²) in [6.07, 6.45) is 0.640. The van der Waals surface area contributed by atoms with Crippen LogP contribution in [0.1, 0.15) is 0 Å². The van der Waals surface area contributed by atoms with Gasteiger partial charge < -0.3 is 0 Å². The summed E-state index contributed by atoms with van der Waals surface area (Å²) < 4.78 is 11.8. The molecular weight excluding hydrogens is 117 g/mol. The third-order valence-electron chi connectivity index (χ3n) is 0.501. The Labute approximate surface area is 39.0 Å². The fourth-order valence-corrected chi connectivity index (χ4v) is 2.14. The monoisotopic (exact) mass is 120 g/mol. The van der Waals surface area contributed by atoms with Crippen LogP contribution in [0.4, 0.5) is 4.39 Å². The van der Waals surface area contributed by atoms with Gasteiger partial charge in [-0.1, -0.05) is 8.20 Å². The molecule has 0 N–H and O–H groups in total. The lowest BCUT2D eigenvalue weighted by atomic mass is 10.9. The third-order valence-corrected chi connectivity index (χ3v) is 2.76. The van der Waals surface area contributed by atoms with Gasteiger partial charge in [0.25, 0.3) is 0 Å². The molecule has 0 radical (unpaired) electrons. The molecule has 0 bridgehead atoms. The van der Waals surface area contributed by atoms with Gasteiger partial charge in [-0.15, -0.1) is 0 Å². The molecule has 1 rings (SSSR count). The van der Waals surface area contributed by atoms with E-state index in [2.05, 4.69) is 0 Å². The molecule has 0 amide bonds. The lowest BCUT2D eigenvalue weighted by Gasteiger charge is -1.71. The molecule has 0 spiro atoms. The van der Waals surface area contributed by atoms with Gasteiger partial charge in [-0.25, -0.2) is 4.39 Å². The van der Waals surface area contributed by atoms with Crippen molar-refractivity contribution in [2.45, 2.75) is 0 Å². The minimum absolute atomic E-state index is 0.108. The summed E-state index contributed by atoms with van der Waals surface area (Å²) >= 11 is 0. The molecule has 1 heterocycles. The Bertz CT molecular complexity index is 105. The van der Waals surface area contributed by atoms with Crippen LogP contribution in [-0.4, -0.2) is 17.2 Å². The minimum Gasteiger partial charge on any atom is -0.206 e. The van der Waals surface area contributed by atoms with Crippen molar-refractivity contribution in [3.63, 3.8) is 0 Å². The molecule has 0 aromatic rings. The Morgan fingerprint density at radius 2 is 2.67 bits per heavy atom. The molecule has 32 valence electrons. The molecule has 0 aromatic heterocycles. The van der Waals surface area contributed by atoms with Crippen LogP contribution in [0.25, 0.3) is 0 Å². The van der Waals surface area contributed by atoms with Crippen molar-refractivity contribution >= 4 is 27.5 Å². The predicted octanol–water partition coefficient (Wildman–Crippen LogP) is 1.75. The average molecular weight is 120 g/mol. The van der Waals surface area contributed by atoms with Crippen molar-refractivity contribution in [3.05, 3.63) is 0 Å². The summed E-state index contributed by atoms with van der Waals surface area (Å²) in [5.41, 5.74) is 2.02. The van der Waals surface area contributed by atoms with Crippen LogP contribution in [0.15, 0.2) is 0 Å². The maximum atomic E-state index is 11.8. The highest BCUT2D eigenvalue weighted by molar-refractivity contribution is 7.74. The fraction of sp³-hybridized carbons (Fsp3) is 0.333. The molecule has 0 aliphatic carbocycles. The molecule has 1 aliphatic heterocycles. The molecular formula is C3H3FP2. The molecule has 3 heteroatoms. The third kappa shape index (κ3) is 0.864. The Hall–Kier alpha value is 0.270. The van der Waals surface area contributed by atoms with Crippen molar-refractivity contribution in [2.75, 3.05) is 6.16 Å². The van der Waals surface area contributed by atoms with Crippen molar-refractivity contribution in [3.8, 4) is 0 Å². The first-order chi connectivity index (χ1) is 2.89. The summed E-state index contributed by atoms with van der Waals surface area (Å²) in [6, 6.07) is 0. The van der Waals surface area contributed by atoms with Gasteiger partial charge >= 0.3 is 0 Å². The SMILES string of the molecule is FC1=PC=PC1. The topological polar surface area (TPSA) is 0 Å². The van der Waals surface area contributed by atoms with Crippen LogP contribution in [0.3, 0.4) is 0 Å². The van der Waals surface area contributed by atoms with Crippen LogP contribution in [0.5, 0.6) is 0 Å². The smallest absolute Gasteiger partial charge is 0.135 e. The van der Waals surface area contributed by atoms with Crippen LogP contribution in [0, 0.1) is 0 Å². The number of halogens is 1. The van der Waals surface area contributed by atoms with Gasteiger partial charge in [0.05, 0.1) is 0 Å². The molecule has 0 aromatic carbocycles. The van der Waals surface area contributed by atoms with E-state index < -0.39 is 0 Å². The fourth-order valence-electron chi connectivity index (χ4n) is 0.260. The van der Waals surface area contributed by atoms with Crippen molar-refractivity contribution < 1.29 is 4.39 Å². The molecule has 0 atom stereocenters. The van der Waals surface area contributed by atoms with Crippen molar-refractivity contribution in [2.24, 2.45) is 0 Å². The van der Waals surface area contributed by atoms with E-state index >= 15 is 0 Å². The Balaban J connectivity index is 2.61. The van der Waals surface area contributed by atoms with Gasteiger partial charge in [0, 0.05) is 6.16 Å². The van der Waals surface area contributed by atoms with Crippen LogP contribution in [-0.2, 0) is 0 Å². The second-order valence-electron chi connectivity index (χ2n) is 0.962. The normalized spacial score (nSPS) is 23.8. The van der Waals surface area contributed by atoms with E-state index in [0.29, 0.717) is 6.16 Å². The average Bonchev–Trinajstić information content (AvgIpc) is 1.86. The lowest BCUT2D eigenvalue weighted by molar-refractivity contribution is 0.825. The summed E-state index contributed by atoms with van der Waals surface area (Å²) in [6.45, 7) is 0. The zero-order chi connectivity index (χ0) is 4.41. The standard InChI is InChI=1S/C3H3FP2/c4-3-1-5-2-6-3/h2H,1H2. The Morgan fingerprint density at radius 1 is 1.83 bits per heavy atom. The number of rotatable bonds is 0. The lowest BCUT2D eigenvalue weighted by Crippen LogP contribution is -1.77. The van der Waals surface area contributed by atoms with Gasteiger partial charge in [-0.2, -0.15) is 0 Å². The highest BCUT2D eigenvalue weighted by Crippen LogP contribution is 2.14. The van der Waals surface area contributed by atoms with Crippen LogP contribution in [0.2, 0.25) is 0 Å². The first-order valence-corrected chi connectivity index (χ1v) is 3.71. The van der Waals surface area contributed by atoms with Gasteiger partial charge in [0.1, 0.15) is 5.55 Å². The number of hydrogen-bond acceptors (Lipinski definition) is 0. The quantitative estimate of drug-likeness (QED) is 0.427. The number of hydrogen-bond donors (Lipinski definition) is 0. The highest BCUT2D eigenvalue weighted by Gasteiger charge is 1.93. The van der Waals surface area contributed by atoms with Gasteiger partial charge in [0.15, 0.2) is 0 Å². The second kappa shape index (κ2) is 1.82. The van der Waals surface area contributed by atoms with Crippen molar-refractivity contribution in [1.29, 1.82) is 0 Å². The first kappa shape index (κ1) is 4.43. The Morgan fingerprint density at radius 3 is 2.83 bits per heavy atom. The van der Waals surface area contributed by atoms with E-state index in [-0.39, 0.29) is 5.55 Å². The van der Waals surface area contributed by atoms with Crippen LogP contribution < -0.4 is 0 Å². The molecule has 0 saturated heterocycles. The van der Waals surface area contributed by atoms with Gasteiger partial charge in [-0.3, -0.25) is 0 Å². The largest absolute Gasteiger partial charge is 0.206 e. The van der Waals surface area contributed by atoms with E-state index in [9.17, 15) is 4.39 Å². The summed E-state index contributed by atoms with van der Waals surface area (Å²) in [5.74, 6) is 0. The predicted molar refractivity (Wildman–Crippen MR) is 30.9 cm³/mol. The molecule has 0 unspecified atom stereocenters. The highest BCUT2D eigenvalue weighted by atomic mass is 31.1. The summed E-state index contributed by atoms with van der Waals surface area (Å²) in [5, 5.41) is 0. The van der Waals surface area contributed by atoms with E-state index in [1.807, 2.05) is 5.54 Å². The maximum absolute atomic E-state index is 11.8.